The number of rotatable bonds is 6. The second-order valence-corrected chi connectivity index (χ2v) is 8.36. The lowest BCUT2D eigenvalue weighted by atomic mass is 10.0. The SMILES string of the molecule is COC(=O)c1ccc(N2C(=O)CC(N(C(=O)COc3ccccc3)C(C)(C)C)C2=O)cc1. The van der Waals surface area contributed by atoms with Crippen molar-refractivity contribution in [3.8, 4) is 5.75 Å². The molecule has 3 rings (SSSR count). The summed E-state index contributed by atoms with van der Waals surface area (Å²) in [7, 11) is 1.27. The summed E-state index contributed by atoms with van der Waals surface area (Å²) in [5.74, 6) is -1.29. The van der Waals surface area contributed by atoms with Crippen molar-refractivity contribution in [3.63, 3.8) is 0 Å². The van der Waals surface area contributed by atoms with Gasteiger partial charge in [0, 0.05) is 5.54 Å². The first-order valence-electron chi connectivity index (χ1n) is 10.2. The van der Waals surface area contributed by atoms with Crippen LogP contribution in [0.5, 0.6) is 5.75 Å². The zero-order valence-electron chi connectivity index (χ0n) is 18.5. The Labute approximate surface area is 186 Å². The lowest BCUT2D eigenvalue weighted by Crippen LogP contribution is -2.55. The van der Waals surface area contributed by atoms with E-state index in [0.29, 0.717) is 17.0 Å². The van der Waals surface area contributed by atoms with Crippen molar-refractivity contribution in [1.82, 2.24) is 4.90 Å². The van der Waals surface area contributed by atoms with E-state index >= 15 is 0 Å². The first-order valence-corrected chi connectivity index (χ1v) is 10.2. The molecule has 0 spiro atoms. The maximum Gasteiger partial charge on any atom is 0.337 e. The number of carbonyl (C=O) groups excluding carboxylic acids is 4. The fourth-order valence-corrected chi connectivity index (χ4v) is 3.70. The van der Waals surface area contributed by atoms with Gasteiger partial charge >= 0.3 is 5.97 Å². The van der Waals surface area contributed by atoms with Crippen molar-refractivity contribution in [3.05, 3.63) is 60.2 Å². The molecule has 2 aromatic rings. The van der Waals surface area contributed by atoms with Gasteiger partial charge in [0.05, 0.1) is 24.8 Å². The van der Waals surface area contributed by atoms with Gasteiger partial charge in [-0.05, 0) is 57.2 Å². The highest BCUT2D eigenvalue weighted by atomic mass is 16.5. The molecule has 8 nitrogen and oxygen atoms in total. The summed E-state index contributed by atoms with van der Waals surface area (Å²) in [4.78, 5) is 53.2. The molecule has 0 aromatic heterocycles. The first kappa shape index (κ1) is 23.0. The van der Waals surface area contributed by atoms with E-state index < -0.39 is 35.3 Å². The molecule has 0 bridgehead atoms. The van der Waals surface area contributed by atoms with Crippen molar-refractivity contribution in [2.75, 3.05) is 18.6 Å². The fraction of sp³-hybridized carbons (Fsp3) is 0.333. The third kappa shape index (κ3) is 4.80. The minimum atomic E-state index is -0.949. The molecule has 168 valence electrons. The van der Waals surface area contributed by atoms with E-state index in [9.17, 15) is 19.2 Å². The van der Waals surface area contributed by atoms with Crippen molar-refractivity contribution in [2.24, 2.45) is 0 Å². The maximum atomic E-state index is 13.2. The molecular formula is C24H26N2O6. The normalized spacial score (nSPS) is 16.1. The largest absolute Gasteiger partial charge is 0.484 e. The second kappa shape index (κ2) is 9.21. The van der Waals surface area contributed by atoms with Gasteiger partial charge in [-0.25, -0.2) is 9.69 Å². The van der Waals surface area contributed by atoms with Crippen LogP contribution in [0.25, 0.3) is 0 Å². The highest BCUT2D eigenvalue weighted by Gasteiger charge is 2.47. The summed E-state index contributed by atoms with van der Waals surface area (Å²) in [5.41, 5.74) is -0.0869. The predicted octanol–water partition coefficient (Wildman–Crippen LogP) is 2.81. The number of para-hydroxylation sites is 1. The number of hydrogen-bond acceptors (Lipinski definition) is 6. The Morgan fingerprint density at radius 2 is 1.66 bits per heavy atom. The van der Waals surface area contributed by atoms with Gasteiger partial charge in [-0.2, -0.15) is 0 Å². The molecule has 0 aliphatic carbocycles. The van der Waals surface area contributed by atoms with Crippen molar-refractivity contribution < 1.29 is 28.7 Å². The van der Waals surface area contributed by atoms with E-state index in [2.05, 4.69) is 4.74 Å². The monoisotopic (exact) mass is 438 g/mol. The van der Waals surface area contributed by atoms with Gasteiger partial charge in [-0.3, -0.25) is 14.4 Å². The predicted molar refractivity (Wildman–Crippen MR) is 117 cm³/mol. The Kier molecular flexibility index (Phi) is 6.62. The number of anilines is 1. The van der Waals surface area contributed by atoms with Gasteiger partial charge in [0.1, 0.15) is 11.8 Å². The van der Waals surface area contributed by atoms with Crippen LogP contribution < -0.4 is 9.64 Å². The molecule has 0 radical (unpaired) electrons. The number of carbonyl (C=O) groups is 4. The Hall–Kier alpha value is -3.68. The summed E-state index contributed by atoms with van der Waals surface area (Å²) in [6, 6.07) is 13.9. The van der Waals surface area contributed by atoms with Crippen LogP contribution in [0.3, 0.4) is 0 Å². The molecule has 1 unspecified atom stereocenters. The molecule has 0 N–H and O–H groups in total. The Morgan fingerprint density at radius 1 is 1.03 bits per heavy atom. The zero-order valence-corrected chi connectivity index (χ0v) is 18.5. The van der Waals surface area contributed by atoms with E-state index in [4.69, 9.17) is 4.74 Å². The van der Waals surface area contributed by atoms with Crippen LogP contribution in [-0.2, 0) is 19.1 Å². The number of amides is 3. The number of imide groups is 1. The van der Waals surface area contributed by atoms with Gasteiger partial charge in [0.15, 0.2) is 6.61 Å². The lowest BCUT2D eigenvalue weighted by Gasteiger charge is -2.39. The molecule has 1 atom stereocenters. The third-order valence-corrected chi connectivity index (χ3v) is 5.08. The van der Waals surface area contributed by atoms with Gasteiger partial charge in [-0.1, -0.05) is 18.2 Å². The molecule has 1 aliphatic heterocycles. The number of ether oxygens (including phenoxy) is 2. The molecule has 3 amide bonds. The van der Waals surface area contributed by atoms with E-state index in [1.165, 1.54) is 36.3 Å². The molecule has 2 aromatic carbocycles. The van der Waals surface area contributed by atoms with Crippen LogP contribution in [0.15, 0.2) is 54.6 Å². The average molecular weight is 438 g/mol. The van der Waals surface area contributed by atoms with Gasteiger partial charge in [-0.15, -0.1) is 0 Å². The van der Waals surface area contributed by atoms with Crippen molar-refractivity contribution >= 4 is 29.4 Å². The van der Waals surface area contributed by atoms with Crippen LogP contribution in [0.2, 0.25) is 0 Å². The molecular weight excluding hydrogens is 412 g/mol. The van der Waals surface area contributed by atoms with Crippen LogP contribution in [-0.4, -0.2) is 53.9 Å². The number of esters is 1. The summed E-state index contributed by atoms with van der Waals surface area (Å²) < 4.78 is 10.2. The Balaban J connectivity index is 1.81. The second-order valence-electron chi connectivity index (χ2n) is 8.36. The van der Waals surface area contributed by atoms with Gasteiger partial charge < -0.3 is 14.4 Å². The number of benzene rings is 2. The van der Waals surface area contributed by atoms with Crippen LogP contribution in [0, 0.1) is 0 Å². The molecule has 1 fully saturated rings. The van der Waals surface area contributed by atoms with Crippen molar-refractivity contribution in [1.29, 1.82) is 0 Å². The standard InChI is InChI=1S/C24H26N2O6/c1-24(2,3)26(21(28)15-32-18-8-6-5-7-9-18)19-14-20(27)25(22(19)29)17-12-10-16(11-13-17)23(30)31-4/h5-13,19H,14-15H2,1-4H3. The molecule has 1 heterocycles. The van der Waals surface area contributed by atoms with E-state index in [0.717, 1.165) is 4.90 Å². The van der Waals surface area contributed by atoms with Crippen LogP contribution in [0.1, 0.15) is 37.6 Å². The lowest BCUT2D eigenvalue weighted by molar-refractivity contribution is -0.145. The minimum absolute atomic E-state index is 0.133. The van der Waals surface area contributed by atoms with Gasteiger partial charge in [0.25, 0.3) is 11.8 Å². The smallest absolute Gasteiger partial charge is 0.337 e. The van der Waals surface area contributed by atoms with E-state index in [1.54, 1.807) is 45.0 Å². The maximum absolute atomic E-state index is 13.2. The summed E-state index contributed by atoms with van der Waals surface area (Å²) >= 11 is 0. The topological polar surface area (TPSA) is 93.2 Å². The van der Waals surface area contributed by atoms with Gasteiger partial charge in [0.2, 0.25) is 5.91 Å². The number of hydrogen-bond donors (Lipinski definition) is 0. The fourth-order valence-electron chi connectivity index (χ4n) is 3.70. The Morgan fingerprint density at radius 3 is 2.22 bits per heavy atom. The zero-order chi connectivity index (χ0) is 23.5. The molecule has 32 heavy (non-hydrogen) atoms. The molecule has 8 heteroatoms. The summed E-state index contributed by atoms with van der Waals surface area (Å²) in [6.07, 6.45) is -0.133. The van der Waals surface area contributed by atoms with Crippen molar-refractivity contribution in [2.45, 2.75) is 38.8 Å². The highest BCUT2D eigenvalue weighted by Crippen LogP contribution is 2.30. The minimum Gasteiger partial charge on any atom is -0.484 e. The summed E-state index contributed by atoms with van der Waals surface area (Å²) in [6.45, 7) is 5.16. The Bertz CT molecular complexity index is 1010. The number of nitrogens with zero attached hydrogens (tertiary/aromatic N) is 2. The third-order valence-electron chi connectivity index (χ3n) is 5.08. The van der Waals surface area contributed by atoms with Crippen LogP contribution >= 0.6 is 0 Å². The molecule has 0 saturated carbocycles. The first-order chi connectivity index (χ1) is 15.1. The van der Waals surface area contributed by atoms with E-state index in [-0.39, 0.29) is 13.0 Å². The molecule has 1 aliphatic rings. The number of methoxy groups -OCH3 is 1. The average Bonchev–Trinajstić information content (AvgIpc) is 3.05. The highest BCUT2D eigenvalue weighted by molar-refractivity contribution is 6.23. The molecule has 1 saturated heterocycles. The van der Waals surface area contributed by atoms with Crippen LogP contribution in [0.4, 0.5) is 5.69 Å². The van der Waals surface area contributed by atoms with E-state index in [1.807, 2.05) is 6.07 Å². The quantitative estimate of drug-likeness (QED) is 0.509. The summed E-state index contributed by atoms with van der Waals surface area (Å²) in [5, 5.41) is 0.